The van der Waals surface area contributed by atoms with Crippen molar-refractivity contribution in [2.45, 2.75) is 16.4 Å². The monoisotopic (exact) mass is 408 g/mol. The number of thiophene rings is 1. The third kappa shape index (κ3) is 4.09. The van der Waals surface area contributed by atoms with Gasteiger partial charge in [0.1, 0.15) is 5.58 Å². The molecule has 1 fully saturated rings. The second-order valence-electron chi connectivity index (χ2n) is 6.02. The third-order valence-corrected chi connectivity index (χ3v) is 6.53. The van der Waals surface area contributed by atoms with Crippen molar-refractivity contribution in [3.8, 4) is 0 Å². The first kappa shape index (κ1) is 19.3. The maximum absolute atomic E-state index is 13.1. The Bertz CT molecular complexity index is 856. The summed E-state index contributed by atoms with van der Waals surface area (Å²) in [4.78, 5) is 15.0. The van der Waals surface area contributed by atoms with E-state index >= 15 is 0 Å². The molecule has 0 bridgehead atoms. The van der Waals surface area contributed by atoms with E-state index in [2.05, 4.69) is 22.8 Å². The Balaban J connectivity index is 0.00000196. The first-order valence-corrected chi connectivity index (χ1v) is 10.4. The van der Waals surface area contributed by atoms with E-state index in [1.807, 2.05) is 29.2 Å². The Hall–Kier alpha value is -1.47. The molecule has 7 heteroatoms. The van der Waals surface area contributed by atoms with Gasteiger partial charge in [-0.15, -0.1) is 35.5 Å². The van der Waals surface area contributed by atoms with Gasteiger partial charge in [0.05, 0.1) is 4.21 Å². The van der Waals surface area contributed by atoms with Gasteiger partial charge in [0.15, 0.2) is 5.76 Å². The van der Waals surface area contributed by atoms with Crippen LogP contribution in [-0.2, 0) is 5.75 Å². The average Bonchev–Trinajstić information content (AvgIpc) is 3.19. The number of furan rings is 1. The molecular formula is C19H21ClN2O2S2. The topological polar surface area (TPSA) is 45.5 Å². The first-order valence-electron chi connectivity index (χ1n) is 8.49. The van der Waals surface area contributed by atoms with Gasteiger partial charge < -0.3 is 14.6 Å². The van der Waals surface area contributed by atoms with Crippen LogP contribution in [0.3, 0.4) is 0 Å². The van der Waals surface area contributed by atoms with Gasteiger partial charge in [-0.3, -0.25) is 4.79 Å². The van der Waals surface area contributed by atoms with Crippen LogP contribution < -0.4 is 5.32 Å². The molecule has 3 aromatic rings. The number of thioether (sulfide) groups is 1. The van der Waals surface area contributed by atoms with Gasteiger partial charge in [0.25, 0.3) is 5.91 Å². The van der Waals surface area contributed by atoms with Gasteiger partial charge in [0.2, 0.25) is 0 Å². The smallest absolute Gasteiger partial charge is 0.289 e. The molecule has 0 atom stereocenters. The van der Waals surface area contributed by atoms with E-state index in [0.717, 1.165) is 54.9 Å². The summed E-state index contributed by atoms with van der Waals surface area (Å²) in [7, 11) is 0. The lowest BCUT2D eigenvalue weighted by Crippen LogP contribution is -2.34. The van der Waals surface area contributed by atoms with E-state index in [4.69, 9.17) is 4.42 Å². The molecular weight excluding hydrogens is 388 g/mol. The molecule has 2 aromatic heterocycles. The second kappa shape index (κ2) is 8.95. The number of hydrogen-bond donors (Lipinski definition) is 1. The molecule has 1 aromatic carbocycles. The van der Waals surface area contributed by atoms with Crippen molar-refractivity contribution in [2.24, 2.45) is 0 Å². The highest BCUT2D eigenvalue weighted by Crippen LogP contribution is 2.34. The molecule has 0 unspecified atom stereocenters. The predicted octanol–water partition coefficient (Wildman–Crippen LogP) is 4.64. The molecule has 1 N–H and O–H groups in total. The van der Waals surface area contributed by atoms with Gasteiger partial charge in [-0.05, 0) is 30.5 Å². The highest BCUT2D eigenvalue weighted by molar-refractivity contribution is 8.00. The van der Waals surface area contributed by atoms with Gasteiger partial charge >= 0.3 is 0 Å². The quantitative estimate of drug-likeness (QED) is 0.638. The van der Waals surface area contributed by atoms with Crippen molar-refractivity contribution in [1.29, 1.82) is 0 Å². The van der Waals surface area contributed by atoms with Crippen LogP contribution >= 0.6 is 35.5 Å². The van der Waals surface area contributed by atoms with Crippen LogP contribution in [0.5, 0.6) is 0 Å². The van der Waals surface area contributed by atoms with Gasteiger partial charge in [-0.25, -0.2) is 0 Å². The molecule has 26 heavy (non-hydrogen) atoms. The lowest BCUT2D eigenvalue weighted by atomic mass is 10.1. The number of nitrogens with one attached hydrogen (secondary N) is 1. The maximum Gasteiger partial charge on any atom is 0.289 e. The molecule has 3 heterocycles. The van der Waals surface area contributed by atoms with Crippen molar-refractivity contribution >= 4 is 52.4 Å². The van der Waals surface area contributed by atoms with Crippen molar-refractivity contribution in [1.82, 2.24) is 10.2 Å². The minimum Gasteiger partial charge on any atom is -0.451 e. The van der Waals surface area contributed by atoms with E-state index < -0.39 is 0 Å². The lowest BCUT2D eigenvalue weighted by molar-refractivity contribution is 0.0735. The van der Waals surface area contributed by atoms with Crippen molar-refractivity contribution in [3.05, 3.63) is 53.1 Å². The summed E-state index contributed by atoms with van der Waals surface area (Å²) >= 11 is 3.48. The molecule has 0 saturated carbocycles. The number of halogens is 1. The van der Waals surface area contributed by atoms with Crippen LogP contribution in [0.1, 0.15) is 22.5 Å². The largest absolute Gasteiger partial charge is 0.451 e. The van der Waals surface area contributed by atoms with E-state index in [1.54, 1.807) is 23.1 Å². The molecule has 1 aliphatic heterocycles. The number of hydrogen-bond acceptors (Lipinski definition) is 5. The first-order chi connectivity index (χ1) is 12.3. The SMILES string of the molecule is Cl.O=C(c1oc2ccccc2c1CSc1cccs1)N1CCCNCC1. The Morgan fingerprint density at radius 1 is 1.19 bits per heavy atom. The van der Waals surface area contributed by atoms with E-state index in [-0.39, 0.29) is 18.3 Å². The Morgan fingerprint density at radius 2 is 2.08 bits per heavy atom. The summed E-state index contributed by atoms with van der Waals surface area (Å²) < 4.78 is 7.26. The van der Waals surface area contributed by atoms with E-state index in [9.17, 15) is 4.79 Å². The molecule has 4 rings (SSSR count). The summed E-state index contributed by atoms with van der Waals surface area (Å²) in [6, 6.07) is 12.1. The zero-order valence-electron chi connectivity index (χ0n) is 14.3. The summed E-state index contributed by atoms with van der Waals surface area (Å²) in [5.41, 5.74) is 1.80. The van der Waals surface area contributed by atoms with Crippen molar-refractivity contribution in [3.63, 3.8) is 0 Å². The number of para-hydroxylation sites is 1. The molecule has 1 saturated heterocycles. The zero-order chi connectivity index (χ0) is 17.1. The highest BCUT2D eigenvalue weighted by atomic mass is 35.5. The number of carbonyl (C=O) groups excluding carboxylic acids is 1. The number of amides is 1. The molecule has 4 nitrogen and oxygen atoms in total. The highest BCUT2D eigenvalue weighted by Gasteiger charge is 2.25. The van der Waals surface area contributed by atoms with E-state index in [0.29, 0.717) is 5.76 Å². The Morgan fingerprint density at radius 3 is 2.92 bits per heavy atom. The van der Waals surface area contributed by atoms with Crippen LogP contribution in [0.25, 0.3) is 11.0 Å². The summed E-state index contributed by atoms with van der Waals surface area (Å²) in [5.74, 6) is 1.26. The van der Waals surface area contributed by atoms with Gasteiger partial charge in [0, 0.05) is 36.3 Å². The zero-order valence-corrected chi connectivity index (χ0v) is 16.7. The van der Waals surface area contributed by atoms with E-state index in [1.165, 1.54) is 4.21 Å². The minimum absolute atomic E-state index is 0. The molecule has 1 aliphatic rings. The fraction of sp³-hybridized carbons (Fsp3) is 0.316. The van der Waals surface area contributed by atoms with Gasteiger partial charge in [-0.2, -0.15) is 0 Å². The standard InChI is InChI=1S/C19H20N2O2S2.ClH/c22-19(21-10-4-8-20-9-11-21)18-15(13-25-17-7-3-12-24-17)14-5-1-2-6-16(14)23-18;/h1-3,5-7,12,20H,4,8-11,13H2;1H. The fourth-order valence-electron chi connectivity index (χ4n) is 3.10. The predicted molar refractivity (Wildman–Crippen MR) is 111 cm³/mol. The number of fused-ring (bicyclic) bond motifs is 1. The fourth-order valence-corrected chi connectivity index (χ4v) is 4.91. The number of carbonyl (C=O) groups is 1. The molecule has 1 amide bonds. The third-order valence-electron chi connectivity index (χ3n) is 4.37. The maximum atomic E-state index is 13.1. The summed E-state index contributed by atoms with van der Waals surface area (Å²) in [5, 5.41) is 6.46. The van der Waals surface area contributed by atoms with Crippen molar-refractivity contribution < 1.29 is 9.21 Å². The van der Waals surface area contributed by atoms with Crippen LogP contribution in [0.4, 0.5) is 0 Å². The normalized spacial score (nSPS) is 14.8. The Kier molecular flexibility index (Phi) is 6.64. The molecule has 0 spiro atoms. The number of benzene rings is 1. The summed E-state index contributed by atoms with van der Waals surface area (Å²) in [6.07, 6.45) is 0.977. The minimum atomic E-state index is 0. The van der Waals surface area contributed by atoms with Crippen LogP contribution in [-0.4, -0.2) is 37.0 Å². The summed E-state index contributed by atoms with van der Waals surface area (Å²) in [6.45, 7) is 3.31. The second-order valence-corrected chi connectivity index (χ2v) is 8.25. The van der Waals surface area contributed by atoms with Crippen LogP contribution in [0.15, 0.2) is 50.4 Å². The molecule has 0 aliphatic carbocycles. The molecule has 138 valence electrons. The average molecular weight is 409 g/mol. The van der Waals surface area contributed by atoms with Crippen molar-refractivity contribution in [2.75, 3.05) is 26.2 Å². The van der Waals surface area contributed by atoms with Crippen LogP contribution in [0, 0.1) is 0 Å². The van der Waals surface area contributed by atoms with Crippen LogP contribution in [0.2, 0.25) is 0 Å². The molecule has 0 radical (unpaired) electrons. The lowest BCUT2D eigenvalue weighted by Gasteiger charge is -2.19. The van der Waals surface area contributed by atoms with Gasteiger partial charge in [-0.1, -0.05) is 24.3 Å². The number of nitrogens with zero attached hydrogens (tertiary/aromatic N) is 1. The Labute approximate surface area is 167 Å². The number of rotatable bonds is 4.